The number of likely N-dealkylation sites (N-methyl/N-ethyl adjacent to an activating group) is 1. The summed E-state index contributed by atoms with van der Waals surface area (Å²) in [5, 5.41) is 7.48. The van der Waals surface area contributed by atoms with E-state index in [0.717, 1.165) is 25.5 Å². The standard InChI is InChI=1S/C14H18N4O/c1-18-8-7-15-10-12(18)14-16-13(19-17-14)9-11-5-3-2-4-6-11/h2-6,12,15H,7-10H2,1H3. The first kappa shape index (κ1) is 12.3. The number of aromatic nitrogens is 2. The van der Waals surface area contributed by atoms with Crippen molar-refractivity contribution in [2.24, 2.45) is 0 Å². The average molecular weight is 258 g/mol. The second-order valence-corrected chi connectivity index (χ2v) is 4.91. The van der Waals surface area contributed by atoms with Crippen molar-refractivity contribution in [1.82, 2.24) is 20.4 Å². The fourth-order valence-electron chi connectivity index (χ4n) is 2.34. The largest absolute Gasteiger partial charge is 0.339 e. The van der Waals surface area contributed by atoms with E-state index in [1.165, 1.54) is 5.56 Å². The molecule has 1 saturated heterocycles. The Balaban J connectivity index is 1.72. The molecule has 100 valence electrons. The van der Waals surface area contributed by atoms with Gasteiger partial charge in [-0.3, -0.25) is 4.90 Å². The molecule has 1 aromatic carbocycles. The lowest BCUT2D eigenvalue weighted by Crippen LogP contribution is -2.44. The highest BCUT2D eigenvalue weighted by Gasteiger charge is 2.25. The van der Waals surface area contributed by atoms with Crippen LogP contribution >= 0.6 is 0 Å². The van der Waals surface area contributed by atoms with Gasteiger partial charge >= 0.3 is 0 Å². The van der Waals surface area contributed by atoms with Crippen LogP contribution in [0, 0.1) is 0 Å². The van der Waals surface area contributed by atoms with Gasteiger partial charge in [0.1, 0.15) is 0 Å². The zero-order chi connectivity index (χ0) is 13.1. The molecule has 19 heavy (non-hydrogen) atoms. The Kier molecular flexibility index (Phi) is 3.57. The number of hydrogen-bond donors (Lipinski definition) is 1. The molecule has 3 rings (SSSR count). The van der Waals surface area contributed by atoms with Gasteiger partial charge in [0.2, 0.25) is 5.89 Å². The van der Waals surface area contributed by atoms with Crippen molar-refractivity contribution in [1.29, 1.82) is 0 Å². The summed E-state index contributed by atoms with van der Waals surface area (Å²) in [4.78, 5) is 6.78. The third kappa shape index (κ3) is 2.83. The van der Waals surface area contributed by atoms with E-state index in [9.17, 15) is 0 Å². The van der Waals surface area contributed by atoms with E-state index in [1.54, 1.807) is 0 Å². The average Bonchev–Trinajstić information content (AvgIpc) is 2.89. The number of nitrogens with one attached hydrogen (secondary N) is 1. The van der Waals surface area contributed by atoms with Crippen LogP contribution in [-0.4, -0.2) is 41.7 Å². The van der Waals surface area contributed by atoms with Gasteiger partial charge in [-0.15, -0.1) is 0 Å². The first-order valence-electron chi connectivity index (χ1n) is 6.60. The van der Waals surface area contributed by atoms with Crippen molar-refractivity contribution in [2.45, 2.75) is 12.5 Å². The van der Waals surface area contributed by atoms with Gasteiger partial charge in [0, 0.05) is 19.6 Å². The van der Waals surface area contributed by atoms with Gasteiger partial charge in [-0.25, -0.2) is 0 Å². The summed E-state index contributed by atoms with van der Waals surface area (Å²) in [5.41, 5.74) is 1.19. The molecule has 1 atom stereocenters. The molecule has 1 aliphatic rings. The maximum Gasteiger partial charge on any atom is 0.231 e. The van der Waals surface area contributed by atoms with Crippen molar-refractivity contribution in [3.05, 3.63) is 47.6 Å². The molecule has 1 unspecified atom stereocenters. The Morgan fingerprint density at radius 1 is 1.37 bits per heavy atom. The molecule has 0 spiro atoms. The molecule has 0 radical (unpaired) electrons. The molecule has 2 aromatic rings. The Labute approximate surface area is 112 Å². The van der Waals surface area contributed by atoms with Gasteiger partial charge in [-0.05, 0) is 12.6 Å². The van der Waals surface area contributed by atoms with E-state index in [0.29, 0.717) is 12.3 Å². The summed E-state index contributed by atoms with van der Waals surface area (Å²) in [5.74, 6) is 1.46. The summed E-state index contributed by atoms with van der Waals surface area (Å²) in [6.45, 7) is 2.90. The molecule has 0 saturated carbocycles. The van der Waals surface area contributed by atoms with Crippen molar-refractivity contribution in [3.8, 4) is 0 Å². The highest BCUT2D eigenvalue weighted by molar-refractivity contribution is 5.18. The summed E-state index contributed by atoms with van der Waals surface area (Å²) in [6.07, 6.45) is 0.692. The van der Waals surface area contributed by atoms with Crippen LogP contribution in [-0.2, 0) is 6.42 Å². The Morgan fingerprint density at radius 2 is 2.21 bits per heavy atom. The second-order valence-electron chi connectivity index (χ2n) is 4.91. The van der Waals surface area contributed by atoms with Gasteiger partial charge in [-0.2, -0.15) is 4.98 Å². The van der Waals surface area contributed by atoms with E-state index in [2.05, 4.69) is 39.5 Å². The van der Waals surface area contributed by atoms with Crippen LogP contribution in [0.2, 0.25) is 0 Å². The molecule has 0 amide bonds. The van der Waals surface area contributed by atoms with Crippen LogP contribution in [0.25, 0.3) is 0 Å². The molecule has 1 N–H and O–H groups in total. The van der Waals surface area contributed by atoms with E-state index in [4.69, 9.17) is 4.52 Å². The predicted octanol–water partition coefficient (Wildman–Crippen LogP) is 1.24. The van der Waals surface area contributed by atoms with Crippen LogP contribution in [0.5, 0.6) is 0 Å². The molecule has 5 nitrogen and oxygen atoms in total. The topological polar surface area (TPSA) is 54.2 Å². The highest BCUT2D eigenvalue weighted by Crippen LogP contribution is 2.18. The molecule has 0 bridgehead atoms. The third-order valence-corrected chi connectivity index (χ3v) is 3.49. The predicted molar refractivity (Wildman–Crippen MR) is 71.8 cm³/mol. The number of rotatable bonds is 3. The summed E-state index contributed by atoms with van der Waals surface area (Å²) < 4.78 is 5.35. The lowest BCUT2D eigenvalue weighted by atomic mass is 10.1. The SMILES string of the molecule is CN1CCNCC1c1noc(Cc2ccccc2)n1. The lowest BCUT2D eigenvalue weighted by molar-refractivity contribution is 0.190. The number of nitrogens with zero attached hydrogens (tertiary/aromatic N) is 3. The molecule has 5 heteroatoms. The van der Waals surface area contributed by atoms with E-state index in [-0.39, 0.29) is 6.04 Å². The Bertz CT molecular complexity index is 525. The number of hydrogen-bond acceptors (Lipinski definition) is 5. The quantitative estimate of drug-likeness (QED) is 0.897. The zero-order valence-electron chi connectivity index (χ0n) is 11.0. The van der Waals surface area contributed by atoms with Crippen molar-refractivity contribution in [2.75, 3.05) is 26.7 Å². The minimum Gasteiger partial charge on any atom is -0.339 e. The second kappa shape index (κ2) is 5.50. The molecular formula is C14H18N4O. The molecule has 2 heterocycles. The summed E-state index contributed by atoms with van der Waals surface area (Å²) in [7, 11) is 2.10. The van der Waals surface area contributed by atoms with E-state index in [1.807, 2.05) is 18.2 Å². The van der Waals surface area contributed by atoms with Crippen molar-refractivity contribution < 1.29 is 4.52 Å². The third-order valence-electron chi connectivity index (χ3n) is 3.49. The van der Waals surface area contributed by atoms with E-state index >= 15 is 0 Å². The van der Waals surface area contributed by atoms with Crippen LogP contribution in [0.4, 0.5) is 0 Å². The highest BCUT2D eigenvalue weighted by atomic mass is 16.5. The minimum absolute atomic E-state index is 0.210. The molecule has 1 aliphatic heterocycles. The fourth-order valence-corrected chi connectivity index (χ4v) is 2.34. The lowest BCUT2D eigenvalue weighted by Gasteiger charge is -2.30. The van der Waals surface area contributed by atoms with Gasteiger partial charge < -0.3 is 9.84 Å². The monoisotopic (exact) mass is 258 g/mol. The van der Waals surface area contributed by atoms with Gasteiger partial charge in [-0.1, -0.05) is 35.5 Å². The first-order valence-corrected chi connectivity index (χ1v) is 6.60. The number of piperazine rings is 1. The van der Waals surface area contributed by atoms with E-state index < -0.39 is 0 Å². The molecule has 1 aromatic heterocycles. The Morgan fingerprint density at radius 3 is 3.00 bits per heavy atom. The van der Waals surface area contributed by atoms with Crippen molar-refractivity contribution >= 4 is 0 Å². The zero-order valence-corrected chi connectivity index (χ0v) is 11.0. The normalized spacial score (nSPS) is 20.6. The Hall–Kier alpha value is -1.72. The summed E-state index contributed by atoms with van der Waals surface area (Å²) >= 11 is 0. The molecule has 0 aliphatic carbocycles. The van der Waals surface area contributed by atoms with Crippen molar-refractivity contribution in [3.63, 3.8) is 0 Å². The maximum absolute atomic E-state index is 5.35. The molecule has 1 fully saturated rings. The summed E-state index contributed by atoms with van der Waals surface area (Å²) in [6, 6.07) is 10.4. The van der Waals surface area contributed by atoms with Gasteiger partial charge in [0.25, 0.3) is 0 Å². The van der Waals surface area contributed by atoms with Gasteiger partial charge in [0.05, 0.1) is 12.5 Å². The van der Waals surface area contributed by atoms with Crippen LogP contribution in [0.1, 0.15) is 23.3 Å². The maximum atomic E-state index is 5.35. The van der Waals surface area contributed by atoms with Gasteiger partial charge in [0.15, 0.2) is 5.82 Å². The minimum atomic E-state index is 0.210. The number of benzene rings is 1. The smallest absolute Gasteiger partial charge is 0.231 e. The fraction of sp³-hybridized carbons (Fsp3) is 0.429. The first-order chi connectivity index (χ1) is 9.33. The molecular weight excluding hydrogens is 240 g/mol. The van der Waals surface area contributed by atoms with Crippen LogP contribution in [0.3, 0.4) is 0 Å². The van der Waals surface area contributed by atoms with Crippen LogP contribution < -0.4 is 5.32 Å². The van der Waals surface area contributed by atoms with Crippen LogP contribution in [0.15, 0.2) is 34.9 Å².